The third-order valence-corrected chi connectivity index (χ3v) is 0.813. The molecule has 0 aliphatic rings. The number of rotatable bonds is 3. The largest absolute Gasteiger partial charge is 0.508 e. The summed E-state index contributed by atoms with van der Waals surface area (Å²) in [6, 6.07) is 0. The van der Waals surface area contributed by atoms with Gasteiger partial charge in [0.25, 0.3) is 5.84 Å². The summed E-state index contributed by atoms with van der Waals surface area (Å²) in [5.41, 5.74) is 4.76. The van der Waals surface area contributed by atoms with E-state index >= 15 is 0 Å². The molecular formula is C2H5N5O4. The third-order valence-electron chi connectivity index (χ3n) is 0.813. The maximum atomic E-state index is 9.89. The molecule has 0 saturated heterocycles. The molecule has 11 heavy (non-hydrogen) atoms. The first-order valence-electron chi connectivity index (χ1n) is 2.31. The van der Waals surface area contributed by atoms with E-state index < -0.39 is 21.8 Å². The first-order valence-corrected chi connectivity index (χ1v) is 2.31. The van der Waals surface area contributed by atoms with Crippen LogP contribution >= 0.6 is 0 Å². The van der Waals surface area contributed by atoms with E-state index in [4.69, 9.17) is 5.73 Å². The zero-order chi connectivity index (χ0) is 9.02. The van der Waals surface area contributed by atoms with Crippen LogP contribution in [0.2, 0.25) is 0 Å². The lowest BCUT2D eigenvalue weighted by atomic mass is 10.5. The van der Waals surface area contributed by atoms with Crippen molar-refractivity contribution in [1.29, 1.82) is 0 Å². The van der Waals surface area contributed by atoms with Crippen molar-refractivity contribution in [1.82, 2.24) is 0 Å². The Balaban J connectivity index is 4.62. The van der Waals surface area contributed by atoms with Crippen molar-refractivity contribution in [2.45, 2.75) is 6.17 Å². The van der Waals surface area contributed by atoms with Gasteiger partial charge in [-0.05, 0) is 0 Å². The van der Waals surface area contributed by atoms with Crippen LogP contribution in [-0.2, 0) is 0 Å². The van der Waals surface area contributed by atoms with Crippen molar-refractivity contribution >= 4 is 5.84 Å². The Labute approximate surface area is 60.0 Å². The van der Waals surface area contributed by atoms with E-state index in [1.165, 1.54) is 0 Å². The summed E-state index contributed by atoms with van der Waals surface area (Å²) < 4.78 is 0. The monoisotopic (exact) mass is 163 g/mol. The second-order valence-corrected chi connectivity index (χ2v) is 1.50. The molecule has 0 spiro atoms. The molecule has 0 bridgehead atoms. The Morgan fingerprint density at radius 2 is 1.73 bits per heavy atom. The van der Waals surface area contributed by atoms with Crippen LogP contribution in [-0.4, -0.2) is 21.8 Å². The zero-order valence-electron chi connectivity index (χ0n) is 5.21. The van der Waals surface area contributed by atoms with E-state index in [1.54, 1.807) is 0 Å². The second kappa shape index (κ2) is 3.29. The van der Waals surface area contributed by atoms with Crippen molar-refractivity contribution in [3.63, 3.8) is 0 Å². The fourth-order valence-corrected chi connectivity index (χ4v) is 0.360. The van der Waals surface area contributed by atoms with Gasteiger partial charge < -0.3 is 11.6 Å². The van der Waals surface area contributed by atoms with Gasteiger partial charge in [0.05, 0.1) is 0 Å². The van der Waals surface area contributed by atoms with E-state index in [1.807, 2.05) is 0 Å². The van der Waals surface area contributed by atoms with Crippen molar-refractivity contribution in [2.75, 3.05) is 0 Å². The molecule has 0 fully saturated rings. The predicted molar refractivity (Wildman–Crippen MR) is 33.6 cm³/mol. The molecule has 0 heterocycles. The second-order valence-electron chi connectivity index (χ2n) is 1.50. The quantitative estimate of drug-likeness (QED) is 0.124. The van der Waals surface area contributed by atoms with Gasteiger partial charge in [0, 0.05) is 0 Å². The zero-order valence-corrected chi connectivity index (χ0v) is 5.21. The SMILES string of the molecule is N/N=C(\N)C([N+](=O)[O-])[N+](=O)[O-]. The van der Waals surface area contributed by atoms with Crippen molar-refractivity contribution in [2.24, 2.45) is 16.7 Å². The van der Waals surface area contributed by atoms with Gasteiger partial charge in [0.2, 0.25) is 0 Å². The lowest BCUT2D eigenvalue weighted by Gasteiger charge is -1.97. The van der Waals surface area contributed by atoms with E-state index in [2.05, 4.69) is 10.9 Å². The highest BCUT2D eigenvalue weighted by Crippen LogP contribution is 1.89. The maximum Gasteiger partial charge on any atom is 0.508 e. The van der Waals surface area contributed by atoms with Crippen LogP contribution < -0.4 is 11.6 Å². The fraction of sp³-hybridized carbons (Fsp3) is 0.500. The van der Waals surface area contributed by atoms with Gasteiger partial charge in [0.1, 0.15) is 9.85 Å². The van der Waals surface area contributed by atoms with Gasteiger partial charge in [-0.1, -0.05) is 0 Å². The van der Waals surface area contributed by atoms with Gasteiger partial charge in [0.15, 0.2) is 0 Å². The molecule has 0 aromatic carbocycles. The summed E-state index contributed by atoms with van der Waals surface area (Å²) in [4.78, 5) is 17.4. The summed E-state index contributed by atoms with van der Waals surface area (Å²) in [6.45, 7) is 0. The number of hydrogen-bond donors (Lipinski definition) is 2. The minimum absolute atomic E-state index is 0.833. The van der Waals surface area contributed by atoms with Gasteiger partial charge in [-0.3, -0.25) is 20.2 Å². The normalized spacial score (nSPS) is 11.5. The molecule has 0 aliphatic heterocycles. The van der Waals surface area contributed by atoms with Crippen LogP contribution in [0.25, 0.3) is 0 Å². The summed E-state index contributed by atoms with van der Waals surface area (Å²) in [6.07, 6.45) is -2.25. The summed E-state index contributed by atoms with van der Waals surface area (Å²) >= 11 is 0. The fourth-order valence-electron chi connectivity index (χ4n) is 0.360. The van der Waals surface area contributed by atoms with Crippen LogP contribution in [0.5, 0.6) is 0 Å². The highest BCUT2D eigenvalue weighted by molar-refractivity contribution is 5.82. The predicted octanol–water partition coefficient (Wildman–Crippen LogP) is -1.90. The van der Waals surface area contributed by atoms with E-state index in [0.29, 0.717) is 0 Å². The Kier molecular flexibility index (Phi) is 2.71. The molecule has 0 radical (unpaired) electrons. The molecule has 0 aliphatic carbocycles. The van der Waals surface area contributed by atoms with Crippen molar-refractivity contribution < 1.29 is 9.85 Å². The number of amidine groups is 1. The van der Waals surface area contributed by atoms with E-state index in [-0.39, 0.29) is 0 Å². The standard InChI is InChI=1S/C2H5N5O4/c3-1(5-4)2(6(8)9)7(10)11/h2H,4H2,(H2,3,5). The highest BCUT2D eigenvalue weighted by Gasteiger charge is 2.37. The van der Waals surface area contributed by atoms with Crippen molar-refractivity contribution in [3.8, 4) is 0 Å². The van der Waals surface area contributed by atoms with Gasteiger partial charge in [-0.25, -0.2) is 0 Å². The van der Waals surface area contributed by atoms with E-state index in [9.17, 15) is 20.2 Å². The summed E-state index contributed by atoms with van der Waals surface area (Å²) in [5.74, 6) is 3.67. The van der Waals surface area contributed by atoms with Crippen LogP contribution in [0.4, 0.5) is 0 Å². The number of nitrogens with zero attached hydrogens (tertiary/aromatic N) is 3. The molecule has 0 amide bonds. The average Bonchev–Trinajstić information content (AvgIpc) is 1.85. The molecule has 9 nitrogen and oxygen atoms in total. The number of nitrogens with two attached hydrogens (primary N) is 2. The van der Waals surface area contributed by atoms with Gasteiger partial charge in [-0.15, -0.1) is 0 Å². The first kappa shape index (κ1) is 9.07. The molecule has 62 valence electrons. The molecule has 9 heteroatoms. The maximum absolute atomic E-state index is 9.89. The van der Waals surface area contributed by atoms with Crippen molar-refractivity contribution in [3.05, 3.63) is 20.2 Å². The lowest BCUT2D eigenvalue weighted by Crippen LogP contribution is -2.42. The minimum atomic E-state index is -2.25. The summed E-state index contributed by atoms with van der Waals surface area (Å²) in [7, 11) is 0. The molecule has 0 saturated carbocycles. The molecule has 0 aromatic rings. The lowest BCUT2D eigenvalue weighted by molar-refractivity contribution is -0.719. The molecule has 4 N–H and O–H groups in total. The Morgan fingerprint density at radius 3 is 1.82 bits per heavy atom. The highest BCUT2D eigenvalue weighted by atomic mass is 16.7. The smallest absolute Gasteiger partial charge is 0.374 e. The average molecular weight is 163 g/mol. The Hall–Kier alpha value is -1.93. The minimum Gasteiger partial charge on any atom is -0.374 e. The number of hydrogen-bond acceptors (Lipinski definition) is 6. The molecule has 0 aromatic heterocycles. The van der Waals surface area contributed by atoms with E-state index in [0.717, 1.165) is 0 Å². The number of nitro groups is 2. The first-order chi connectivity index (χ1) is 5.00. The molecule has 0 atom stereocenters. The topological polar surface area (TPSA) is 151 Å². The van der Waals surface area contributed by atoms with Gasteiger partial charge >= 0.3 is 6.17 Å². The Morgan fingerprint density at radius 1 is 1.36 bits per heavy atom. The van der Waals surface area contributed by atoms with Crippen LogP contribution in [0.15, 0.2) is 5.10 Å². The molecular weight excluding hydrogens is 158 g/mol. The Bertz CT molecular complexity index is 197. The van der Waals surface area contributed by atoms with Crippen LogP contribution in [0.1, 0.15) is 0 Å². The number of hydrazone groups is 1. The molecule has 0 rings (SSSR count). The third kappa shape index (κ3) is 2.04. The van der Waals surface area contributed by atoms with Crippen LogP contribution in [0.3, 0.4) is 0 Å². The molecule has 0 unspecified atom stereocenters. The van der Waals surface area contributed by atoms with Crippen LogP contribution in [0, 0.1) is 20.2 Å². The summed E-state index contributed by atoms with van der Waals surface area (Å²) in [5, 5.41) is 22.4. The van der Waals surface area contributed by atoms with Gasteiger partial charge in [-0.2, -0.15) is 5.10 Å².